The molecule has 0 saturated heterocycles. The topological polar surface area (TPSA) is 57.5 Å². The zero-order valence-corrected chi connectivity index (χ0v) is 13.4. The standard InChI is InChI=1S/C17H21NO4/c1-11(2)10-22-16(20)9-18-15(19)8-12(3)13-6-5-7-14(21-4)17(13)18/h5-8,11H,9-10H2,1-4H3. The summed E-state index contributed by atoms with van der Waals surface area (Å²) in [6.07, 6.45) is 0. The van der Waals surface area contributed by atoms with E-state index in [4.69, 9.17) is 9.47 Å². The normalized spacial score (nSPS) is 11.0. The number of carbonyl (C=O) groups excluding carboxylic acids is 1. The van der Waals surface area contributed by atoms with Gasteiger partial charge in [-0.25, -0.2) is 0 Å². The van der Waals surface area contributed by atoms with Crippen molar-refractivity contribution in [2.45, 2.75) is 27.3 Å². The van der Waals surface area contributed by atoms with Gasteiger partial charge in [-0.05, 0) is 24.5 Å². The third-order valence-corrected chi connectivity index (χ3v) is 3.38. The minimum absolute atomic E-state index is 0.122. The molecule has 0 aliphatic heterocycles. The predicted octanol–water partition coefficient (Wildman–Crippen LogP) is 2.52. The molecular weight excluding hydrogens is 282 g/mol. The molecule has 5 heteroatoms. The summed E-state index contributed by atoms with van der Waals surface area (Å²) in [5, 5.41) is 0.885. The number of fused-ring (bicyclic) bond motifs is 1. The number of benzene rings is 1. The van der Waals surface area contributed by atoms with Crippen LogP contribution in [-0.2, 0) is 16.1 Å². The lowest BCUT2D eigenvalue weighted by Gasteiger charge is -2.15. The van der Waals surface area contributed by atoms with E-state index in [-0.39, 0.29) is 18.0 Å². The summed E-state index contributed by atoms with van der Waals surface area (Å²) in [4.78, 5) is 24.3. The van der Waals surface area contributed by atoms with E-state index >= 15 is 0 Å². The average Bonchev–Trinajstić information content (AvgIpc) is 2.48. The molecule has 0 saturated carbocycles. The Bertz CT molecular complexity index is 746. The molecule has 1 aromatic carbocycles. The van der Waals surface area contributed by atoms with Crippen LogP contribution in [0.25, 0.3) is 10.9 Å². The Kier molecular flexibility index (Phi) is 4.85. The molecule has 1 heterocycles. The number of para-hydroxylation sites is 1. The maximum Gasteiger partial charge on any atom is 0.326 e. The molecule has 118 valence electrons. The SMILES string of the molecule is COc1cccc2c(C)cc(=O)n(CC(=O)OCC(C)C)c12. The van der Waals surface area contributed by atoms with Gasteiger partial charge in [0.15, 0.2) is 0 Å². The number of rotatable bonds is 5. The van der Waals surface area contributed by atoms with Crippen LogP contribution >= 0.6 is 0 Å². The van der Waals surface area contributed by atoms with Gasteiger partial charge in [0, 0.05) is 11.5 Å². The summed E-state index contributed by atoms with van der Waals surface area (Å²) < 4.78 is 11.9. The number of hydrogen-bond acceptors (Lipinski definition) is 4. The van der Waals surface area contributed by atoms with Crippen LogP contribution in [0.5, 0.6) is 5.75 Å². The quantitative estimate of drug-likeness (QED) is 0.796. The number of esters is 1. The van der Waals surface area contributed by atoms with Gasteiger partial charge < -0.3 is 9.47 Å². The Balaban J connectivity index is 2.49. The Morgan fingerprint density at radius 1 is 1.32 bits per heavy atom. The number of aromatic nitrogens is 1. The lowest BCUT2D eigenvalue weighted by molar-refractivity contribution is -0.145. The van der Waals surface area contributed by atoms with E-state index in [2.05, 4.69) is 0 Å². The van der Waals surface area contributed by atoms with Crippen molar-refractivity contribution in [2.24, 2.45) is 5.92 Å². The molecule has 0 bridgehead atoms. The highest BCUT2D eigenvalue weighted by Gasteiger charge is 2.14. The minimum Gasteiger partial charge on any atom is -0.495 e. The van der Waals surface area contributed by atoms with Gasteiger partial charge in [0.1, 0.15) is 12.3 Å². The van der Waals surface area contributed by atoms with E-state index in [0.29, 0.717) is 17.9 Å². The van der Waals surface area contributed by atoms with E-state index in [9.17, 15) is 9.59 Å². The van der Waals surface area contributed by atoms with Crippen molar-refractivity contribution in [1.29, 1.82) is 0 Å². The molecule has 0 aliphatic rings. The van der Waals surface area contributed by atoms with Crippen molar-refractivity contribution in [1.82, 2.24) is 4.57 Å². The van der Waals surface area contributed by atoms with E-state index < -0.39 is 5.97 Å². The first-order valence-electron chi connectivity index (χ1n) is 7.26. The van der Waals surface area contributed by atoms with Gasteiger partial charge in [-0.1, -0.05) is 26.0 Å². The van der Waals surface area contributed by atoms with Crippen molar-refractivity contribution in [3.63, 3.8) is 0 Å². The molecule has 2 aromatic rings. The number of pyridine rings is 1. The maximum absolute atomic E-state index is 12.3. The Morgan fingerprint density at radius 2 is 2.05 bits per heavy atom. The first-order valence-corrected chi connectivity index (χ1v) is 7.26. The second-order valence-corrected chi connectivity index (χ2v) is 5.69. The molecule has 0 N–H and O–H groups in total. The van der Waals surface area contributed by atoms with Crippen LogP contribution in [-0.4, -0.2) is 24.3 Å². The molecule has 2 rings (SSSR count). The van der Waals surface area contributed by atoms with E-state index in [1.165, 1.54) is 10.6 Å². The average molecular weight is 303 g/mol. The number of ether oxygens (including phenoxy) is 2. The number of carbonyl (C=O) groups is 1. The summed E-state index contributed by atoms with van der Waals surface area (Å²) in [5.41, 5.74) is 1.23. The number of aryl methyl sites for hydroxylation is 1. The molecule has 1 aromatic heterocycles. The molecule has 0 radical (unpaired) electrons. The Morgan fingerprint density at radius 3 is 2.68 bits per heavy atom. The first-order chi connectivity index (χ1) is 10.4. The fraction of sp³-hybridized carbons (Fsp3) is 0.412. The maximum atomic E-state index is 12.3. The highest BCUT2D eigenvalue weighted by atomic mass is 16.5. The summed E-state index contributed by atoms with van der Waals surface area (Å²) in [7, 11) is 1.54. The van der Waals surface area contributed by atoms with Crippen LogP contribution in [0.15, 0.2) is 29.1 Å². The fourth-order valence-corrected chi connectivity index (χ4v) is 2.33. The molecule has 0 fully saturated rings. The zero-order chi connectivity index (χ0) is 16.3. The summed E-state index contributed by atoms with van der Waals surface area (Å²) >= 11 is 0. The molecule has 5 nitrogen and oxygen atoms in total. The molecule has 0 aliphatic carbocycles. The van der Waals surface area contributed by atoms with Crippen LogP contribution in [0, 0.1) is 12.8 Å². The van der Waals surface area contributed by atoms with Crippen LogP contribution in [0.1, 0.15) is 19.4 Å². The Labute approximate surface area is 129 Å². The second-order valence-electron chi connectivity index (χ2n) is 5.69. The summed E-state index contributed by atoms with van der Waals surface area (Å²) in [5.74, 6) is 0.395. The van der Waals surface area contributed by atoms with Crippen molar-refractivity contribution in [2.75, 3.05) is 13.7 Å². The summed E-state index contributed by atoms with van der Waals surface area (Å²) in [6, 6.07) is 7.07. The zero-order valence-electron chi connectivity index (χ0n) is 13.4. The molecular formula is C17H21NO4. The highest BCUT2D eigenvalue weighted by Crippen LogP contribution is 2.26. The van der Waals surface area contributed by atoms with Crippen molar-refractivity contribution >= 4 is 16.9 Å². The lowest BCUT2D eigenvalue weighted by atomic mass is 10.1. The van der Waals surface area contributed by atoms with Crippen LogP contribution in [0.4, 0.5) is 0 Å². The van der Waals surface area contributed by atoms with Crippen LogP contribution in [0.2, 0.25) is 0 Å². The third-order valence-electron chi connectivity index (χ3n) is 3.38. The van der Waals surface area contributed by atoms with Crippen molar-refractivity contribution in [3.05, 3.63) is 40.2 Å². The Hall–Kier alpha value is -2.30. The summed E-state index contributed by atoms with van der Waals surface area (Å²) in [6.45, 7) is 6.01. The molecule has 0 spiro atoms. The van der Waals surface area contributed by atoms with Gasteiger partial charge in [-0.2, -0.15) is 0 Å². The van der Waals surface area contributed by atoms with Gasteiger partial charge in [0.05, 0.1) is 19.2 Å². The number of hydrogen-bond donors (Lipinski definition) is 0. The van der Waals surface area contributed by atoms with E-state index in [1.807, 2.05) is 32.9 Å². The van der Waals surface area contributed by atoms with Gasteiger partial charge >= 0.3 is 5.97 Å². The van der Waals surface area contributed by atoms with Gasteiger partial charge in [0.2, 0.25) is 0 Å². The minimum atomic E-state index is -0.424. The molecule has 0 atom stereocenters. The second kappa shape index (κ2) is 6.64. The van der Waals surface area contributed by atoms with Crippen molar-refractivity contribution < 1.29 is 14.3 Å². The largest absolute Gasteiger partial charge is 0.495 e. The van der Waals surface area contributed by atoms with Gasteiger partial charge in [-0.3, -0.25) is 14.2 Å². The smallest absolute Gasteiger partial charge is 0.326 e. The fourth-order valence-electron chi connectivity index (χ4n) is 2.33. The molecule has 22 heavy (non-hydrogen) atoms. The highest BCUT2D eigenvalue weighted by molar-refractivity contribution is 5.88. The monoisotopic (exact) mass is 303 g/mol. The van der Waals surface area contributed by atoms with Crippen LogP contribution < -0.4 is 10.3 Å². The number of methoxy groups -OCH3 is 1. The van der Waals surface area contributed by atoms with Crippen molar-refractivity contribution in [3.8, 4) is 5.75 Å². The molecule has 0 amide bonds. The third kappa shape index (κ3) is 3.30. The van der Waals surface area contributed by atoms with Crippen LogP contribution in [0.3, 0.4) is 0 Å². The molecule has 0 unspecified atom stereocenters. The van der Waals surface area contributed by atoms with Gasteiger partial charge in [0.25, 0.3) is 5.56 Å². The predicted molar refractivity (Wildman–Crippen MR) is 85.3 cm³/mol. The lowest BCUT2D eigenvalue weighted by Crippen LogP contribution is -2.26. The first kappa shape index (κ1) is 16.1. The van der Waals surface area contributed by atoms with E-state index in [1.54, 1.807) is 13.2 Å². The van der Waals surface area contributed by atoms with Gasteiger partial charge in [-0.15, -0.1) is 0 Å². The number of nitrogens with zero attached hydrogens (tertiary/aromatic N) is 1. The van der Waals surface area contributed by atoms with E-state index in [0.717, 1.165) is 10.9 Å².